The Morgan fingerprint density at radius 1 is 0.180 bits per heavy atom. The molecule has 100 heavy (non-hydrogen) atoms. The van der Waals surface area contributed by atoms with Crippen LogP contribution in [0.3, 0.4) is 0 Å². The Morgan fingerprint density at radius 2 is 0.450 bits per heavy atom. The van der Waals surface area contributed by atoms with Gasteiger partial charge in [-0.1, -0.05) is 358 Å². The van der Waals surface area contributed by atoms with Gasteiger partial charge in [-0.3, -0.25) is 9.13 Å². The Labute approximate surface area is 584 Å². The minimum atomic E-state index is -3.53. The maximum absolute atomic E-state index is 6.04. The number of hydrogen-bond donors (Lipinski definition) is 0. The Morgan fingerprint density at radius 3 is 0.820 bits per heavy atom. The normalized spacial score (nSPS) is 11.8. The zero-order valence-electron chi connectivity index (χ0n) is 54.9. The molecule has 0 saturated heterocycles. The summed E-state index contributed by atoms with van der Waals surface area (Å²) in [5.41, 5.74) is 15.4. The molecule has 15 aromatic carbocycles. The molecule has 0 saturated carbocycles. The van der Waals surface area contributed by atoms with Crippen LogP contribution in [-0.2, 0) is 0 Å². The lowest BCUT2D eigenvalue weighted by Crippen LogP contribution is -2.78. The summed E-state index contributed by atoms with van der Waals surface area (Å²) in [6.45, 7) is 0. The lowest BCUT2D eigenvalue weighted by atomic mass is 9.99. The van der Waals surface area contributed by atoms with E-state index in [0.29, 0.717) is 5.95 Å². The van der Waals surface area contributed by atoms with Gasteiger partial charge in [-0.05, 0) is 122 Å². The Balaban J connectivity index is 0.992. The summed E-state index contributed by atoms with van der Waals surface area (Å²) >= 11 is 0. The van der Waals surface area contributed by atoms with Crippen LogP contribution in [0.5, 0.6) is 0 Å². The summed E-state index contributed by atoms with van der Waals surface area (Å²) < 4.78 is 4.64. The SMILES string of the molecule is c1ccc(-c2cccc(-c3cccc([Si](c4ccccc4)(c4ccccc4)c4cc(-c5cc(-n6c7ccccc7c7ccccc76)nc(-n6c7ccccc7c7ccccc76)n5)cc([Si](c5ccccc5)(c5ccccc5)c5cccc(-c6cccc(-c7ccccc7)c6)c5)c4)c3)c2)cc1. The van der Waals surface area contributed by atoms with E-state index in [-0.39, 0.29) is 0 Å². The van der Waals surface area contributed by atoms with Crippen LogP contribution in [0.1, 0.15) is 0 Å². The van der Waals surface area contributed by atoms with Gasteiger partial charge in [-0.25, -0.2) is 4.98 Å². The molecule has 6 heteroatoms. The molecule has 470 valence electrons. The summed E-state index contributed by atoms with van der Waals surface area (Å²) in [4.78, 5) is 11.9. The highest BCUT2D eigenvalue weighted by atomic mass is 28.3. The number of nitrogens with zero attached hydrogens (tertiary/aromatic N) is 4. The Bertz CT molecular complexity index is 5480. The second-order valence-corrected chi connectivity index (χ2v) is 33.6. The summed E-state index contributed by atoms with van der Waals surface area (Å²) in [5, 5.41) is 14.7. The minimum absolute atomic E-state index is 0.582. The Kier molecular flexibility index (Phi) is 15.2. The molecule has 0 unspecified atom stereocenters. The first-order chi connectivity index (χ1) is 49.6. The largest absolute Gasteiger partial charge is 0.294 e. The van der Waals surface area contributed by atoms with Crippen molar-refractivity contribution in [3.8, 4) is 67.5 Å². The number of para-hydroxylation sites is 4. The average molecular weight is 1310 g/mol. The first-order valence-corrected chi connectivity index (χ1v) is 38.4. The van der Waals surface area contributed by atoms with Gasteiger partial charge >= 0.3 is 0 Å². The van der Waals surface area contributed by atoms with Gasteiger partial charge < -0.3 is 0 Å². The van der Waals surface area contributed by atoms with Crippen molar-refractivity contribution in [2.24, 2.45) is 0 Å². The van der Waals surface area contributed by atoms with Crippen molar-refractivity contribution in [3.05, 3.63) is 400 Å². The van der Waals surface area contributed by atoms with Crippen LogP contribution in [0.4, 0.5) is 0 Å². The van der Waals surface area contributed by atoms with Crippen LogP contribution >= 0.6 is 0 Å². The molecule has 0 bridgehead atoms. The topological polar surface area (TPSA) is 35.6 Å². The van der Waals surface area contributed by atoms with E-state index >= 15 is 0 Å². The number of benzene rings is 15. The molecule has 0 atom stereocenters. The van der Waals surface area contributed by atoms with E-state index in [2.05, 4.69) is 410 Å². The van der Waals surface area contributed by atoms with Crippen molar-refractivity contribution in [3.63, 3.8) is 0 Å². The molecule has 0 aliphatic heterocycles. The molecule has 3 aromatic heterocycles. The van der Waals surface area contributed by atoms with Crippen molar-refractivity contribution in [1.82, 2.24) is 19.1 Å². The third kappa shape index (κ3) is 10.3. The fourth-order valence-electron chi connectivity index (χ4n) is 15.9. The molecule has 0 amide bonds. The standard InChI is InChI=1S/C94H66N4Si2/c1-7-31-67(32-8-1)69-35-27-37-71(59-69)73-39-29-49-80(61-73)99(76-41-11-3-12-42-76,77-43-13-4-14-44-77)82-63-75(88-66-93(97-89-55-23-19-51-84(89)85-52-20-24-56-90(85)97)96-94(95-88)98-91-57-25-21-53-86(91)87-54-22-26-58-92(87)98)64-83(65-82)100(78-45-15-5-16-46-78,79-47-17-6-18-48-79)81-50-30-40-74(62-81)72-38-28-36-70(60-72)68-33-9-2-10-34-68/h1-66H. The molecule has 3 heterocycles. The summed E-state index contributed by atoms with van der Waals surface area (Å²) in [6.07, 6.45) is 0. The monoisotopic (exact) mass is 1310 g/mol. The van der Waals surface area contributed by atoms with Crippen LogP contribution in [0.2, 0.25) is 0 Å². The fourth-order valence-corrected chi connectivity index (χ4v) is 25.8. The quantitative estimate of drug-likeness (QED) is 0.0757. The summed E-state index contributed by atoms with van der Waals surface area (Å²) in [7, 11) is -7.06. The maximum atomic E-state index is 6.04. The van der Waals surface area contributed by atoms with E-state index in [1.165, 1.54) is 63.7 Å². The van der Waals surface area contributed by atoms with Crippen molar-refractivity contribution < 1.29 is 0 Å². The zero-order chi connectivity index (χ0) is 66.4. The van der Waals surface area contributed by atoms with Crippen LogP contribution < -0.4 is 41.5 Å². The first-order valence-electron chi connectivity index (χ1n) is 34.4. The molecule has 0 N–H and O–H groups in total. The first kappa shape index (κ1) is 59.9. The molecule has 18 rings (SSSR count). The van der Waals surface area contributed by atoms with Gasteiger partial charge in [0.15, 0.2) is 16.1 Å². The highest BCUT2D eigenvalue weighted by Gasteiger charge is 2.46. The number of hydrogen-bond acceptors (Lipinski definition) is 2. The van der Waals surface area contributed by atoms with Crippen LogP contribution in [0.25, 0.3) is 111 Å². The van der Waals surface area contributed by atoms with E-state index in [1.54, 1.807) is 0 Å². The summed E-state index contributed by atoms with van der Waals surface area (Å²) in [6, 6.07) is 149. The highest BCUT2D eigenvalue weighted by molar-refractivity contribution is 7.22. The molecule has 0 radical (unpaired) electrons. The third-order valence-electron chi connectivity index (χ3n) is 20.4. The molecule has 0 spiro atoms. The van der Waals surface area contributed by atoms with Crippen LogP contribution in [0.15, 0.2) is 400 Å². The van der Waals surface area contributed by atoms with Gasteiger partial charge in [-0.15, -0.1) is 0 Å². The second-order valence-electron chi connectivity index (χ2n) is 26.0. The smallest absolute Gasteiger partial charge is 0.237 e. The van der Waals surface area contributed by atoms with E-state index < -0.39 is 16.1 Å². The fraction of sp³-hybridized carbons (Fsp3) is 0. The zero-order valence-corrected chi connectivity index (χ0v) is 56.9. The highest BCUT2D eigenvalue weighted by Crippen LogP contribution is 2.37. The van der Waals surface area contributed by atoms with Gasteiger partial charge in [-0.2, -0.15) is 4.98 Å². The van der Waals surface area contributed by atoms with Gasteiger partial charge in [0.1, 0.15) is 5.82 Å². The molecular weight excluding hydrogens is 1240 g/mol. The van der Waals surface area contributed by atoms with Crippen molar-refractivity contribution in [1.29, 1.82) is 0 Å². The molecule has 0 aliphatic rings. The van der Waals surface area contributed by atoms with Crippen LogP contribution in [0, 0.1) is 0 Å². The molecule has 0 fully saturated rings. The van der Waals surface area contributed by atoms with E-state index in [4.69, 9.17) is 9.97 Å². The predicted octanol–water partition coefficient (Wildman–Crippen LogP) is 17.8. The number of aromatic nitrogens is 4. The van der Waals surface area contributed by atoms with E-state index in [9.17, 15) is 0 Å². The third-order valence-corrected chi connectivity index (χ3v) is 29.9. The molecule has 4 nitrogen and oxygen atoms in total. The second kappa shape index (κ2) is 25.4. The molecule has 18 aromatic rings. The minimum Gasteiger partial charge on any atom is -0.294 e. The molecule has 0 aliphatic carbocycles. The van der Waals surface area contributed by atoms with Crippen molar-refractivity contribution in [2.75, 3.05) is 0 Å². The maximum Gasteiger partial charge on any atom is 0.237 e. The lowest BCUT2D eigenvalue weighted by molar-refractivity contribution is 0.952. The van der Waals surface area contributed by atoms with Crippen molar-refractivity contribution >= 4 is 101 Å². The van der Waals surface area contributed by atoms with Crippen molar-refractivity contribution in [2.45, 2.75) is 0 Å². The Hall–Kier alpha value is -12.6. The van der Waals surface area contributed by atoms with Gasteiger partial charge in [0.25, 0.3) is 0 Å². The van der Waals surface area contributed by atoms with Crippen LogP contribution in [-0.4, -0.2) is 35.2 Å². The van der Waals surface area contributed by atoms with Gasteiger partial charge in [0, 0.05) is 33.2 Å². The van der Waals surface area contributed by atoms with Gasteiger partial charge in [0.2, 0.25) is 5.95 Å². The number of fused-ring (bicyclic) bond motifs is 6. The number of rotatable bonds is 15. The van der Waals surface area contributed by atoms with Gasteiger partial charge in [0.05, 0.1) is 27.8 Å². The average Bonchev–Trinajstić information content (AvgIpc) is 0.925. The van der Waals surface area contributed by atoms with E-state index in [0.717, 1.165) is 82.9 Å². The lowest BCUT2D eigenvalue weighted by Gasteiger charge is -2.38. The van der Waals surface area contributed by atoms with E-state index in [1.807, 2.05) is 0 Å². The summed E-state index contributed by atoms with van der Waals surface area (Å²) in [5.74, 6) is 1.35. The predicted molar refractivity (Wildman–Crippen MR) is 425 cm³/mol. The molecular formula is C94H66N4Si2.